The number of hydrogen-bond acceptors (Lipinski definition) is 3. The second-order valence-electron chi connectivity index (χ2n) is 4.11. The molecule has 94 valence electrons. The minimum atomic E-state index is -0.971. The fourth-order valence-electron chi connectivity index (χ4n) is 1.73. The molecule has 2 rings (SSSR count). The first-order valence-electron chi connectivity index (χ1n) is 5.65. The lowest BCUT2D eigenvalue weighted by Gasteiger charge is -2.07. The molecule has 5 heteroatoms. The number of carbonyl (C=O) groups is 2. The lowest BCUT2D eigenvalue weighted by Crippen LogP contribution is -2.37. The van der Waals surface area contributed by atoms with Crippen LogP contribution in [0.2, 0.25) is 0 Å². The van der Waals surface area contributed by atoms with E-state index < -0.39 is 12.0 Å². The number of ketones is 1. The van der Waals surface area contributed by atoms with Gasteiger partial charge in [-0.3, -0.25) is 14.9 Å². The Balaban J connectivity index is 2.12. The van der Waals surface area contributed by atoms with Gasteiger partial charge < -0.3 is 10.1 Å². The van der Waals surface area contributed by atoms with Crippen molar-refractivity contribution in [3.05, 3.63) is 36.0 Å². The summed E-state index contributed by atoms with van der Waals surface area (Å²) in [7, 11) is 0. The zero-order valence-electron chi connectivity index (χ0n) is 9.93. The minimum absolute atomic E-state index is 0.00924. The van der Waals surface area contributed by atoms with Gasteiger partial charge >= 0.3 is 5.97 Å². The Morgan fingerprint density at radius 2 is 2.11 bits per heavy atom. The number of fused-ring (bicyclic) bond motifs is 1. The first-order chi connectivity index (χ1) is 8.59. The van der Waals surface area contributed by atoms with Gasteiger partial charge in [-0.25, -0.2) is 0 Å². The first kappa shape index (κ1) is 12.3. The summed E-state index contributed by atoms with van der Waals surface area (Å²) in [4.78, 5) is 25.6. The van der Waals surface area contributed by atoms with E-state index >= 15 is 0 Å². The molecule has 1 aromatic heterocycles. The maximum Gasteiger partial charge on any atom is 0.320 e. The molecule has 1 heterocycles. The van der Waals surface area contributed by atoms with Crippen LogP contribution in [0.25, 0.3) is 10.9 Å². The predicted molar refractivity (Wildman–Crippen MR) is 67.7 cm³/mol. The summed E-state index contributed by atoms with van der Waals surface area (Å²) in [5.41, 5.74) is 1.47. The number of Topliss-reactive ketones (excluding diaryl/α,β-unsaturated/α-hetero) is 1. The van der Waals surface area contributed by atoms with Gasteiger partial charge in [0.15, 0.2) is 5.78 Å². The smallest absolute Gasteiger partial charge is 0.320 e. The molecule has 0 saturated carbocycles. The standard InChI is InChI=1S/C13H14N2O3/c1-8(13(17)18)14-7-12(16)10-6-15-11-5-3-2-4-9(10)11/h2-6,8,14-15H,7H2,1H3,(H,17,18). The third-order valence-electron chi connectivity index (χ3n) is 2.83. The van der Waals surface area contributed by atoms with Crippen LogP contribution in [0.5, 0.6) is 0 Å². The average Bonchev–Trinajstić information content (AvgIpc) is 2.79. The number of hydrogen-bond donors (Lipinski definition) is 3. The van der Waals surface area contributed by atoms with Crippen LogP contribution in [0.15, 0.2) is 30.5 Å². The van der Waals surface area contributed by atoms with E-state index in [0.717, 1.165) is 10.9 Å². The second kappa shape index (κ2) is 5.01. The number of nitrogens with one attached hydrogen (secondary N) is 2. The van der Waals surface area contributed by atoms with E-state index in [1.807, 2.05) is 24.3 Å². The van der Waals surface area contributed by atoms with Gasteiger partial charge in [0.2, 0.25) is 0 Å². The van der Waals surface area contributed by atoms with Gasteiger partial charge in [-0.15, -0.1) is 0 Å². The van der Waals surface area contributed by atoms with Crippen LogP contribution >= 0.6 is 0 Å². The number of aromatic nitrogens is 1. The second-order valence-corrected chi connectivity index (χ2v) is 4.11. The van der Waals surface area contributed by atoms with Crippen LogP contribution in [-0.4, -0.2) is 34.4 Å². The number of carbonyl (C=O) groups excluding carboxylic acids is 1. The fraction of sp³-hybridized carbons (Fsp3) is 0.231. The topological polar surface area (TPSA) is 82.2 Å². The predicted octanol–water partition coefficient (Wildman–Crippen LogP) is 1.41. The van der Waals surface area contributed by atoms with Gasteiger partial charge in [0.05, 0.1) is 6.54 Å². The van der Waals surface area contributed by atoms with Crippen molar-refractivity contribution >= 4 is 22.7 Å². The van der Waals surface area contributed by atoms with Crippen molar-refractivity contribution in [1.82, 2.24) is 10.3 Å². The third-order valence-corrected chi connectivity index (χ3v) is 2.83. The van der Waals surface area contributed by atoms with Crippen LogP contribution in [-0.2, 0) is 4.79 Å². The summed E-state index contributed by atoms with van der Waals surface area (Å²) in [5.74, 6) is -1.10. The van der Waals surface area contributed by atoms with Gasteiger partial charge in [-0.05, 0) is 13.0 Å². The van der Waals surface area contributed by atoms with Crippen molar-refractivity contribution in [3.8, 4) is 0 Å². The number of aromatic amines is 1. The Kier molecular flexibility index (Phi) is 3.43. The first-order valence-corrected chi connectivity index (χ1v) is 5.65. The maximum atomic E-state index is 12.0. The van der Waals surface area contributed by atoms with Crippen molar-refractivity contribution in [2.75, 3.05) is 6.54 Å². The summed E-state index contributed by atoms with van der Waals surface area (Å²) in [5, 5.41) is 12.2. The van der Waals surface area contributed by atoms with Crippen LogP contribution in [0.1, 0.15) is 17.3 Å². The van der Waals surface area contributed by atoms with Crippen molar-refractivity contribution in [2.24, 2.45) is 0 Å². The number of para-hydroxylation sites is 1. The molecule has 0 aliphatic rings. The largest absolute Gasteiger partial charge is 0.480 e. The van der Waals surface area contributed by atoms with Crippen molar-refractivity contribution in [2.45, 2.75) is 13.0 Å². The molecule has 0 aliphatic carbocycles. The van der Waals surface area contributed by atoms with E-state index in [2.05, 4.69) is 10.3 Å². The highest BCUT2D eigenvalue weighted by atomic mass is 16.4. The fourth-order valence-corrected chi connectivity index (χ4v) is 1.73. The summed E-state index contributed by atoms with van der Waals surface area (Å²) >= 11 is 0. The van der Waals surface area contributed by atoms with Gasteiger partial charge in [0.1, 0.15) is 6.04 Å². The normalized spacial score (nSPS) is 12.5. The number of aliphatic carboxylic acids is 1. The molecule has 0 bridgehead atoms. The van der Waals surface area contributed by atoms with Gasteiger partial charge in [-0.2, -0.15) is 0 Å². The van der Waals surface area contributed by atoms with E-state index in [4.69, 9.17) is 5.11 Å². The van der Waals surface area contributed by atoms with E-state index in [1.165, 1.54) is 6.92 Å². The lowest BCUT2D eigenvalue weighted by molar-refractivity contribution is -0.138. The third kappa shape index (κ3) is 2.41. The van der Waals surface area contributed by atoms with Crippen LogP contribution in [0, 0.1) is 0 Å². The van der Waals surface area contributed by atoms with Crippen molar-refractivity contribution in [1.29, 1.82) is 0 Å². The molecule has 0 amide bonds. The highest BCUT2D eigenvalue weighted by Gasteiger charge is 2.15. The molecule has 3 N–H and O–H groups in total. The quantitative estimate of drug-likeness (QED) is 0.697. The van der Waals surface area contributed by atoms with Crippen molar-refractivity contribution < 1.29 is 14.7 Å². The summed E-state index contributed by atoms with van der Waals surface area (Å²) in [6.45, 7) is 1.51. The molecule has 1 atom stereocenters. The maximum absolute atomic E-state index is 12.0. The molecule has 0 radical (unpaired) electrons. The molecule has 1 aromatic carbocycles. The average molecular weight is 246 g/mol. The summed E-state index contributed by atoms with van der Waals surface area (Å²) in [6, 6.07) is 6.76. The molecule has 18 heavy (non-hydrogen) atoms. The number of carboxylic acid groups (broad SMARTS) is 1. The van der Waals surface area contributed by atoms with E-state index in [-0.39, 0.29) is 12.3 Å². The van der Waals surface area contributed by atoms with E-state index in [1.54, 1.807) is 6.20 Å². The molecule has 5 nitrogen and oxygen atoms in total. The van der Waals surface area contributed by atoms with Crippen LogP contribution in [0.4, 0.5) is 0 Å². The molecule has 0 saturated heterocycles. The zero-order valence-corrected chi connectivity index (χ0v) is 9.93. The van der Waals surface area contributed by atoms with Gasteiger partial charge in [0.25, 0.3) is 0 Å². The Bertz CT molecular complexity index is 589. The Labute approximate surface area is 104 Å². The Morgan fingerprint density at radius 1 is 1.39 bits per heavy atom. The highest BCUT2D eigenvalue weighted by Crippen LogP contribution is 2.17. The summed E-state index contributed by atoms with van der Waals surface area (Å²) in [6.07, 6.45) is 1.65. The zero-order chi connectivity index (χ0) is 13.1. The minimum Gasteiger partial charge on any atom is -0.480 e. The van der Waals surface area contributed by atoms with Gasteiger partial charge in [0, 0.05) is 22.7 Å². The van der Waals surface area contributed by atoms with Gasteiger partial charge in [-0.1, -0.05) is 18.2 Å². The molecule has 0 fully saturated rings. The highest BCUT2D eigenvalue weighted by molar-refractivity contribution is 6.08. The van der Waals surface area contributed by atoms with Crippen LogP contribution in [0.3, 0.4) is 0 Å². The number of rotatable bonds is 5. The van der Waals surface area contributed by atoms with E-state index in [9.17, 15) is 9.59 Å². The SMILES string of the molecule is CC(NCC(=O)c1c[nH]c2ccccc12)C(=O)O. The molecule has 0 aliphatic heterocycles. The molecular formula is C13H14N2O3. The number of carboxylic acids is 1. The van der Waals surface area contributed by atoms with Crippen molar-refractivity contribution in [3.63, 3.8) is 0 Å². The monoisotopic (exact) mass is 246 g/mol. The number of benzene rings is 1. The molecule has 1 unspecified atom stereocenters. The molecule has 2 aromatic rings. The molecule has 0 spiro atoms. The number of H-pyrrole nitrogens is 1. The van der Waals surface area contributed by atoms with Crippen LogP contribution < -0.4 is 5.32 Å². The van der Waals surface area contributed by atoms with E-state index in [0.29, 0.717) is 5.56 Å². The Hall–Kier alpha value is -2.14. The summed E-state index contributed by atoms with van der Waals surface area (Å²) < 4.78 is 0. The molecular weight excluding hydrogens is 232 g/mol. The Morgan fingerprint density at radius 3 is 2.83 bits per heavy atom. The lowest BCUT2D eigenvalue weighted by atomic mass is 10.1.